The number of ketones is 1. The average Bonchev–Trinajstić information content (AvgIpc) is 3.56. The number of Topliss-reactive ketones (excluding diaryl/α,β-unsaturated/α-hetero) is 1. The number of aromatic nitrogens is 1. The van der Waals surface area contributed by atoms with Gasteiger partial charge in [-0.3, -0.25) is 14.9 Å². The molecule has 1 aromatic carbocycles. The summed E-state index contributed by atoms with van der Waals surface area (Å²) in [5, 5.41) is 36.4. The van der Waals surface area contributed by atoms with Crippen molar-refractivity contribution >= 4 is 81.7 Å². The molecule has 0 bridgehead atoms. The third-order valence-electron chi connectivity index (χ3n) is 9.08. The lowest BCUT2D eigenvalue weighted by Crippen LogP contribution is -2.45. The Morgan fingerprint density at radius 3 is 2.55 bits per heavy atom. The molecule has 0 radical (unpaired) electrons. The van der Waals surface area contributed by atoms with Gasteiger partial charge in [0.25, 0.3) is 0 Å². The number of thiazole rings is 1. The number of nitrogens with one attached hydrogen (secondary N) is 1. The maximum Gasteiger partial charge on any atom is 0.411 e. The monoisotopic (exact) mass is 816 g/mol. The van der Waals surface area contributed by atoms with Crippen molar-refractivity contribution in [3.63, 3.8) is 0 Å². The van der Waals surface area contributed by atoms with Gasteiger partial charge >= 0.3 is 18.0 Å². The molecule has 2 heterocycles. The summed E-state index contributed by atoms with van der Waals surface area (Å²) in [5.74, 6) is -2.86. The Bertz CT molecular complexity index is 1650. The molecular weight excluding hydrogens is 771 g/mol. The highest BCUT2D eigenvalue weighted by molar-refractivity contribution is 7.09. The van der Waals surface area contributed by atoms with E-state index in [-0.39, 0.29) is 42.6 Å². The molecule has 12 nitrogen and oxygen atoms in total. The van der Waals surface area contributed by atoms with E-state index in [9.17, 15) is 34.5 Å². The number of esters is 2. The molecule has 3 rings (SSSR count). The molecule has 0 fully saturated rings. The minimum absolute atomic E-state index is 0.115. The standard InChI is InChI=1S/C37H47Cl3N2O10S/c1-21-8-6-9-24(18-50-34(48)25-10-7-11-26(15-25)42-35(49)51-20-37(38,39)40)12-13-28(22(2)14-27-19-53-30(17-43)41-27)52-31(45)16-29(44)36(4,5)33(47)23(3)32(21)46/h7,10-12,14-15,19,21,23,28-29,32,43-44,46H,6,8-9,13,16-18,20H2,1-5H3,(H,42,49)/b22-14+,24-12+/t21-,23+,28-,29-,32-/m0/s1. The highest BCUT2D eigenvalue weighted by Crippen LogP contribution is 2.33. The maximum absolute atomic E-state index is 13.5. The first-order valence-electron chi connectivity index (χ1n) is 17.1. The number of aliphatic hydroxyl groups excluding tert-OH is 3. The number of nitrogens with zero attached hydrogens (tertiary/aromatic N) is 1. The number of hydrogen-bond acceptors (Lipinski definition) is 12. The van der Waals surface area contributed by atoms with Crippen LogP contribution in [0.1, 0.15) is 87.8 Å². The SMILES string of the molecule is C/C(=C\c1csc(CO)n1)[C@@H]1C/C=C(/COC(=O)c2cccc(NC(=O)OCC(Cl)(Cl)Cl)c2)CCC[C@H](C)[C@H](O)[C@@H](C)C(=O)C(C)(C)[C@@H](O)CC(=O)O1. The summed E-state index contributed by atoms with van der Waals surface area (Å²) in [6, 6.07) is 6.00. The molecule has 0 unspecified atom stereocenters. The minimum atomic E-state index is -1.79. The lowest BCUT2D eigenvalue weighted by Gasteiger charge is -2.34. The molecule has 16 heteroatoms. The Kier molecular flexibility index (Phi) is 16.8. The molecule has 0 spiro atoms. The predicted molar refractivity (Wildman–Crippen MR) is 204 cm³/mol. The van der Waals surface area contributed by atoms with Gasteiger partial charge in [-0.2, -0.15) is 0 Å². The van der Waals surface area contributed by atoms with Crippen LogP contribution in [0.15, 0.2) is 46.9 Å². The highest BCUT2D eigenvalue weighted by Gasteiger charge is 2.42. The Labute approximate surface area is 328 Å². The molecule has 5 atom stereocenters. The first-order valence-corrected chi connectivity index (χ1v) is 19.1. The van der Waals surface area contributed by atoms with Crippen molar-refractivity contribution < 1.29 is 48.7 Å². The van der Waals surface area contributed by atoms with E-state index >= 15 is 0 Å². The van der Waals surface area contributed by atoms with Gasteiger partial charge in [-0.05, 0) is 67.5 Å². The fraction of sp³-hybridized carbons (Fsp3) is 0.541. The third-order valence-corrected chi connectivity index (χ3v) is 10.3. The van der Waals surface area contributed by atoms with E-state index in [0.29, 0.717) is 41.1 Å². The van der Waals surface area contributed by atoms with Crippen LogP contribution in [0.3, 0.4) is 0 Å². The number of halogens is 3. The summed E-state index contributed by atoms with van der Waals surface area (Å²) in [7, 11) is 0. The van der Waals surface area contributed by atoms with E-state index in [1.807, 2.05) is 13.0 Å². The van der Waals surface area contributed by atoms with Gasteiger partial charge in [0.2, 0.25) is 3.79 Å². The quantitative estimate of drug-likeness (QED) is 0.0915. The molecule has 0 aliphatic carbocycles. The summed E-state index contributed by atoms with van der Waals surface area (Å²) in [6.45, 7) is 7.53. The third kappa shape index (κ3) is 14.0. The molecule has 2 aromatic rings. The second kappa shape index (κ2) is 20.0. The Morgan fingerprint density at radius 1 is 1.17 bits per heavy atom. The number of benzene rings is 1. The molecule has 0 saturated carbocycles. The number of rotatable bonds is 8. The normalized spacial score (nSPS) is 24.8. The fourth-order valence-electron chi connectivity index (χ4n) is 5.73. The van der Waals surface area contributed by atoms with Gasteiger partial charge in [0.05, 0.1) is 41.9 Å². The van der Waals surface area contributed by atoms with Crippen molar-refractivity contribution in [2.75, 3.05) is 18.5 Å². The first kappa shape index (κ1) is 44.4. The Morgan fingerprint density at radius 2 is 1.89 bits per heavy atom. The smallest absolute Gasteiger partial charge is 0.411 e. The molecule has 0 saturated heterocycles. The number of alkyl halides is 3. The number of carbonyl (C=O) groups excluding carboxylic acids is 4. The van der Waals surface area contributed by atoms with Gasteiger partial charge in [-0.15, -0.1) is 11.3 Å². The van der Waals surface area contributed by atoms with Gasteiger partial charge in [0.1, 0.15) is 30.1 Å². The Balaban J connectivity index is 1.88. The number of carbonyl (C=O) groups is 4. The van der Waals surface area contributed by atoms with Gasteiger partial charge in [-0.1, -0.05) is 74.6 Å². The van der Waals surface area contributed by atoms with Crippen LogP contribution >= 0.6 is 46.1 Å². The van der Waals surface area contributed by atoms with Crippen LogP contribution in [0.2, 0.25) is 0 Å². The highest BCUT2D eigenvalue weighted by atomic mass is 35.6. The molecule has 1 aliphatic heterocycles. The van der Waals surface area contributed by atoms with Crippen LogP contribution in [0, 0.1) is 17.3 Å². The zero-order valence-corrected chi connectivity index (χ0v) is 33.4. The molecule has 4 N–H and O–H groups in total. The van der Waals surface area contributed by atoms with Crippen molar-refractivity contribution in [2.45, 2.75) is 95.4 Å². The van der Waals surface area contributed by atoms with Crippen LogP contribution in [0.4, 0.5) is 10.5 Å². The van der Waals surface area contributed by atoms with E-state index in [0.717, 1.165) is 0 Å². The van der Waals surface area contributed by atoms with E-state index in [1.165, 1.54) is 29.5 Å². The lowest BCUT2D eigenvalue weighted by molar-refractivity contribution is -0.154. The van der Waals surface area contributed by atoms with Crippen LogP contribution in [-0.4, -0.2) is 79.4 Å². The molecule has 1 aromatic heterocycles. The van der Waals surface area contributed by atoms with Crippen molar-refractivity contribution in [2.24, 2.45) is 17.3 Å². The van der Waals surface area contributed by atoms with Crippen LogP contribution in [0.25, 0.3) is 6.08 Å². The zero-order valence-electron chi connectivity index (χ0n) is 30.3. The maximum atomic E-state index is 13.5. The largest absolute Gasteiger partial charge is 0.458 e. The first-order chi connectivity index (χ1) is 24.8. The average molecular weight is 818 g/mol. The van der Waals surface area contributed by atoms with Crippen molar-refractivity contribution in [3.8, 4) is 0 Å². The second-order valence-corrected chi connectivity index (χ2v) is 17.2. The fourth-order valence-corrected chi connectivity index (χ4v) is 6.51. The van der Waals surface area contributed by atoms with E-state index in [1.54, 1.807) is 45.2 Å². The van der Waals surface area contributed by atoms with Crippen molar-refractivity contribution in [3.05, 3.63) is 63.1 Å². The summed E-state index contributed by atoms with van der Waals surface area (Å²) < 4.78 is 14.6. The topological polar surface area (TPSA) is 182 Å². The molecular formula is C37H47Cl3N2O10S. The molecule has 292 valence electrons. The van der Waals surface area contributed by atoms with Gasteiger partial charge in [0, 0.05) is 23.4 Å². The summed E-state index contributed by atoms with van der Waals surface area (Å²) in [4.78, 5) is 56.4. The van der Waals surface area contributed by atoms with E-state index < -0.39 is 64.5 Å². The molecule has 53 heavy (non-hydrogen) atoms. The zero-order chi connectivity index (χ0) is 39.5. The van der Waals surface area contributed by atoms with Crippen molar-refractivity contribution in [1.82, 2.24) is 4.98 Å². The summed E-state index contributed by atoms with van der Waals surface area (Å²) in [6.07, 6.45) is 0.811. The van der Waals surface area contributed by atoms with E-state index in [4.69, 9.17) is 49.0 Å². The number of hydrogen-bond donors (Lipinski definition) is 4. The lowest BCUT2D eigenvalue weighted by atomic mass is 9.73. The summed E-state index contributed by atoms with van der Waals surface area (Å²) in [5.41, 5.74) is 0.970. The molecule has 1 aliphatic rings. The van der Waals surface area contributed by atoms with Crippen LogP contribution in [-0.2, 0) is 30.4 Å². The summed E-state index contributed by atoms with van der Waals surface area (Å²) >= 11 is 18.2. The minimum Gasteiger partial charge on any atom is -0.458 e. The van der Waals surface area contributed by atoms with Gasteiger partial charge in [0.15, 0.2) is 0 Å². The van der Waals surface area contributed by atoms with E-state index in [2.05, 4.69) is 10.3 Å². The van der Waals surface area contributed by atoms with Crippen LogP contribution < -0.4 is 5.32 Å². The number of ether oxygens (including phenoxy) is 3. The predicted octanol–water partition coefficient (Wildman–Crippen LogP) is 7.21. The van der Waals surface area contributed by atoms with Gasteiger partial charge in [-0.25, -0.2) is 14.6 Å². The van der Waals surface area contributed by atoms with Crippen molar-refractivity contribution in [1.29, 1.82) is 0 Å². The number of anilines is 1. The number of cyclic esters (lactones) is 1. The number of aliphatic hydroxyl groups is 3. The van der Waals surface area contributed by atoms with Gasteiger partial charge < -0.3 is 29.5 Å². The second-order valence-electron chi connectivity index (χ2n) is 13.7. The van der Waals surface area contributed by atoms with Crippen LogP contribution in [0.5, 0.6) is 0 Å². The molecule has 1 amide bonds. The Hall–Kier alpha value is -3.04. The number of amides is 1.